The molecule has 4 nitrogen and oxygen atoms in total. The van der Waals surface area contributed by atoms with Crippen LogP contribution in [0.15, 0.2) is 18.2 Å². The average molecular weight is 248 g/mol. The molecule has 4 heteroatoms. The molecule has 1 aliphatic heterocycles. The van der Waals surface area contributed by atoms with Gasteiger partial charge in [-0.3, -0.25) is 4.79 Å². The first-order chi connectivity index (χ1) is 8.56. The van der Waals surface area contributed by atoms with Crippen LogP contribution < -0.4 is 10.6 Å². The van der Waals surface area contributed by atoms with Gasteiger partial charge in [0.1, 0.15) is 0 Å². The van der Waals surface area contributed by atoms with E-state index in [0.29, 0.717) is 12.0 Å². The van der Waals surface area contributed by atoms with Crippen molar-refractivity contribution in [1.29, 1.82) is 0 Å². The van der Waals surface area contributed by atoms with Crippen LogP contribution in [0.2, 0.25) is 0 Å². The Hall–Kier alpha value is -1.55. The van der Waals surface area contributed by atoms with Crippen molar-refractivity contribution < 1.29 is 9.90 Å². The molecule has 98 valence electrons. The second-order valence-electron chi connectivity index (χ2n) is 5.01. The number of carbonyl (C=O) groups excluding carboxylic acids is 1. The van der Waals surface area contributed by atoms with Gasteiger partial charge in [0.15, 0.2) is 0 Å². The Kier molecular flexibility index (Phi) is 3.87. The summed E-state index contributed by atoms with van der Waals surface area (Å²) in [6.07, 6.45) is 1.19. The minimum absolute atomic E-state index is 0.0290. The molecule has 2 atom stereocenters. The smallest absolute Gasteiger partial charge is 0.251 e. The number of rotatable bonds is 4. The lowest BCUT2D eigenvalue weighted by Crippen LogP contribution is -2.34. The van der Waals surface area contributed by atoms with E-state index in [4.69, 9.17) is 0 Å². The number of nitrogens with one attached hydrogen (secondary N) is 2. The Morgan fingerprint density at radius 3 is 3.00 bits per heavy atom. The van der Waals surface area contributed by atoms with Crippen molar-refractivity contribution in [1.82, 2.24) is 5.32 Å². The number of hydrogen-bond acceptors (Lipinski definition) is 3. The molecule has 1 heterocycles. The molecule has 0 fully saturated rings. The predicted molar refractivity (Wildman–Crippen MR) is 71.9 cm³/mol. The largest absolute Gasteiger partial charge is 0.393 e. The molecule has 2 unspecified atom stereocenters. The van der Waals surface area contributed by atoms with Gasteiger partial charge in [0, 0.05) is 23.8 Å². The molecule has 1 aliphatic rings. The number of aliphatic hydroxyl groups excluding tert-OH is 1. The topological polar surface area (TPSA) is 61.4 Å². The molecule has 0 aromatic heterocycles. The fraction of sp³-hybridized carbons (Fsp3) is 0.500. The predicted octanol–water partition coefficient (Wildman–Crippen LogP) is 1.54. The highest BCUT2D eigenvalue weighted by atomic mass is 16.3. The summed E-state index contributed by atoms with van der Waals surface area (Å²) in [7, 11) is 0. The highest BCUT2D eigenvalue weighted by molar-refractivity contribution is 5.95. The molecule has 18 heavy (non-hydrogen) atoms. The summed E-state index contributed by atoms with van der Waals surface area (Å²) in [5.74, 6) is -0.0837. The maximum atomic E-state index is 12.0. The van der Waals surface area contributed by atoms with E-state index in [-0.39, 0.29) is 11.9 Å². The van der Waals surface area contributed by atoms with E-state index in [1.165, 1.54) is 5.56 Å². The van der Waals surface area contributed by atoms with Gasteiger partial charge in [-0.25, -0.2) is 0 Å². The van der Waals surface area contributed by atoms with Crippen molar-refractivity contribution in [2.24, 2.45) is 0 Å². The standard InChI is InChI=1S/C14H20N2O2/c1-9(7-10(2)17)16-14(18)12-4-3-11-5-6-15-13(11)8-12/h3-4,8-10,15,17H,5-7H2,1-2H3,(H,16,18). The zero-order valence-corrected chi connectivity index (χ0v) is 10.9. The molecular weight excluding hydrogens is 228 g/mol. The van der Waals surface area contributed by atoms with E-state index in [1.54, 1.807) is 6.92 Å². The Balaban J connectivity index is 2.01. The Labute approximate surface area is 107 Å². The zero-order valence-electron chi connectivity index (χ0n) is 10.9. The van der Waals surface area contributed by atoms with E-state index >= 15 is 0 Å². The lowest BCUT2D eigenvalue weighted by molar-refractivity contribution is 0.0923. The van der Waals surface area contributed by atoms with Crippen molar-refractivity contribution in [3.8, 4) is 0 Å². The molecule has 1 aromatic rings. The number of fused-ring (bicyclic) bond motifs is 1. The van der Waals surface area contributed by atoms with Gasteiger partial charge < -0.3 is 15.7 Å². The molecular formula is C14H20N2O2. The van der Waals surface area contributed by atoms with Gasteiger partial charge in [-0.1, -0.05) is 6.07 Å². The third-order valence-electron chi connectivity index (χ3n) is 3.15. The first-order valence-corrected chi connectivity index (χ1v) is 6.42. The summed E-state index contributed by atoms with van der Waals surface area (Å²) in [6.45, 7) is 4.57. The van der Waals surface area contributed by atoms with E-state index < -0.39 is 6.10 Å². The monoisotopic (exact) mass is 248 g/mol. The summed E-state index contributed by atoms with van der Waals surface area (Å²) in [6, 6.07) is 5.73. The van der Waals surface area contributed by atoms with Gasteiger partial charge in [0.25, 0.3) is 5.91 Å². The van der Waals surface area contributed by atoms with Gasteiger partial charge in [-0.2, -0.15) is 0 Å². The van der Waals surface area contributed by atoms with Crippen LogP contribution in [0.4, 0.5) is 5.69 Å². The molecule has 3 N–H and O–H groups in total. The van der Waals surface area contributed by atoms with Crippen LogP contribution in [0, 0.1) is 0 Å². The number of amides is 1. The maximum absolute atomic E-state index is 12.0. The molecule has 0 saturated carbocycles. The van der Waals surface area contributed by atoms with Crippen molar-refractivity contribution in [2.45, 2.75) is 38.8 Å². The van der Waals surface area contributed by atoms with E-state index in [9.17, 15) is 9.90 Å². The van der Waals surface area contributed by atoms with Gasteiger partial charge in [0.2, 0.25) is 0 Å². The number of carbonyl (C=O) groups is 1. The fourth-order valence-corrected chi connectivity index (χ4v) is 2.31. The Morgan fingerprint density at radius 2 is 2.28 bits per heavy atom. The number of hydrogen-bond donors (Lipinski definition) is 3. The summed E-state index contributed by atoms with van der Waals surface area (Å²) in [5.41, 5.74) is 3.00. The van der Waals surface area contributed by atoms with Crippen LogP contribution >= 0.6 is 0 Å². The number of aliphatic hydroxyl groups is 1. The van der Waals surface area contributed by atoms with Crippen LogP contribution in [0.5, 0.6) is 0 Å². The second kappa shape index (κ2) is 5.40. The molecule has 2 rings (SSSR count). The third kappa shape index (κ3) is 3.01. The third-order valence-corrected chi connectivity index (χ3v) is 3.15. The lowest BCUT2D eigenvalue weighted by Gasteiger charge is -2.15. The van der Waals surface area contributed by atoms with Crippen LogP contribution in [-0.2, 0) is 6.42 Å². The maximum Gasteiger partial charge on any atom is 0.251 e. The summed E-state index contributed by atoms with van der Waals surface area (Å²) in [5, 5.41) is 15.4. The SMILES string of the molecule is CC(O)CC(C)NC(=O)c1ccc2c(c1)NCC2. The first-order valence-electron chi connectivity index (χ1n) is 6.42. The molecule has 1 amide bonds. The van der Waals surface area contributed by atoms with Crippen LogP contribution in [0.25, 0.3) is 0 Å². The summed E-state index contributed by atoms with van der Waals surface area (Å²) in [4.78, 5) is 12.0. The van der Waals surface area contributed by atoms with Gasteiger partial charge >= 0.3 is 0 Å². The van der Waals surface area contributed by atoms with E-state index in [0.717, 1.165) is 18.7 Å². The number of anilines is 1. The first kappa shape index (κ1) is 12.9. The van der Waals surface area contributed by atoms with Crippen molar-refractivity contribution in [2.75, 3.05) is 11.9 Å². The molecule has 0 spiro atoms. The van der Waals surface area contributed by atoms with E-state index in [2.05, 4.69) is 10.6 Å². The molecule has 0 aliphatic carbocycles. The second-order valence-corrected chi connectivity index (χ2v) is 5.01. The summed E-state index contributed by atoms with van der Waals surface area (Å²) < 4.78 is 0. The average Bonchev–Trinajstić information content (AvgIpc) is 2.74. The molecule has 0 saturated heterocycles. The van der Waals surface area contributed by atoms with Crippen LogP contribution in [-0.4, -0.2) is 29.7 Å². The lowest BCUT2D eigenvalue weighted by atomic mass is 10.1. The highest BCUT2D eigenvalue weighted by Gasteiger charge is 2.15. The highest BCUT2D eigenvalue weighted by Crippen LogP contribution is 2.23. The summed E-state index contributed by atoms with van der Waals surface area (Å²) >= 11 is 0. The van der Waals surface area contributed by atoms with Gasteiger partial charge in [0.05, 0.1) is 6.10 Å². The Morgan fingerprint density at radius 1 is 1.50 bits per heavy atom. The minimum Gasteiger partial charge on any atom is -0.393 e. The number of benzene rings is 1. The van der Waals surface area contributed by atoms with Crippen LogP contribution in [0.3, 0.4) is 0 Å². The van der Waals surface area contributed by atoms with Crippen molar-refractivity contribution >= 4 is 11.6 Å². The molecule has 1 aromatic carbocycles. The normalized spacial score (nSPS) is 16.6. The minimum atomic E-state index is -0.401. The van der Waals surface area contributed by atoms with E-state index in [1.807, 2.05) is 25.1 Å². The zero-order chi connectivity index (χ0) is 13.1. The molecule has 0 bridgehead atoms. The van der Waals surface area contributed by atoms with Gasteiger partial charge in [-0.15, -0.1) is 0 Å². The van der Waals surface area contributed by atoms with Gasteiger partial charge in [-0.05, 0) is 44.4 Å². The van der Waals surface area contributed by atoms with Crippen LogP contribution in [0.1, 0.15) is 36.2 Å². The Bertz CT molecular complexity index is 443. The quantitative estimate of drug-likeness (QED) is 0.757. The fourth-order valence-electron chi connectivity index (χ4n) is 2.31. The van der Waals surface area contributed by atoms with Crippen molar-refractivity contribution in [3.63, 3.8) is 0 Å². The van der Waals surface area contributed by atoms with Crippen molar-refractivity contribution in [3.05, 3.63) is 29.3 Å². The molecule has 0 radical (unpaired) electrons.